The third-order valence-corrected chi connectivity index (χ3v) is 3.90. The van der Waals surface area contributed by atoms with Gasteiger partial charge in [-0.1, -0.05) is 0 Å². The number of nitrogens with zero attached hydrogens (tertiary/aromatic N) is 1. The first-order valence-corrected chi connectivity index (χ1v) is 7.34. The topological polar surface area (TPSA) is 95.6 Å². The Balaban J connectivity index is 2.01. The van der Waals surface area contributed by atoms with Gasteiger partial charge in [0, 0.05) is 18.7 Å². The average molecular weight is 308 g/mol. The fraction of sp³-hybridized carbons (Fsp3) is 0.286. The van der Waals surface area contributed by atoms with Gasteiger partial charge >= 0.3 is 0 Å². The van der Waals surface area contributed by atoms with Crippen molar-refractivity contribution in [1.29, 1.82) is 0 Å². The first kappa shape index (κ1) is 15.6. The van der Waals surface area contributed by atoms with Crippen LogP contribution in [0.3, 0.4) is 0 Å². The minimum atomic E-state index is -0.936. The van der Waals surface area contributed by atoms with E-state index < -0.39 is 17.1 Å². The van der Waals surface area contributed by atoms with Crippen molar-refractivity contribution in [2.45, 2.75) is 18.7 Å². The summed E-state index contributed by atoms with van der Waals surface area (Å²) >= 11 is 1.58. The third-order valence-electron chi connectivity index (χ3n) is 3.17. The largest absolute Gasteiger partial charge is 0.395 e. The van der Waals surface area contributed by atoms with Gasteiger partial charge in [-0.25, -0.2) is 0 Å². The molecule has 0 radical (unpaired) electrons. The number of hydrogen-bond acceptors (Lipinski definition) is 6. The molecule has 21 heavy (non-hydrogen) atoms. The van der Waals surface area contributed by atoms with E-state index in [1.165, 1.54) is 24.3 Å². The van der Waals surface area contributed by atoms with Crippen LogP contribution in [-0.2, 0) is 6.54 Å². The number of nitro groups is 1. The van der Waals surface area contributed by atoms with Crippen LogP contribution in [0.1, 0.15) is 17.2 Å². The number of aliphatic hydroxyl groups excluding tert-OH is 2. The summed E-state index contributed by atoms with van der Waals surface area (Å²) < 4.78 is 0. The molecule has 1 heterocycles. The Kier molecular flexibility index (Phi) is 5.40. The Morgan fingerprint density at radius 3 is 2.52 bits per heavy atom. The van der Waals surface area contributed by atoms with Gasteiger partial charge in [0.25, 0.3) is 5.69 Å². The number of non-ortho nitro benzene ring substituents is 1. The number of benzene rings is 1. The average Bonchev–Trinajstić information content (AvgIpc) is 3.01. The summed E-state index contributed by atoms with van der Waals surface area (Å²) in [6.07, 6.45) is -0.936. The molecule has 7 heteroatoms. The molecule has 1 aromatic heterocycles. The van der Waals surface area contributed by atoms with Crippen LogP contribution in [0.5, 0.6) is 0 Å². The summed E-state index contributed by atoms with van der Waals surface area (Å²) in [4.78, 5) is 10.1. The van der Waals surface area contributed by atoms with Crippen LogP contribution in [0.2, 0.25) is 0 Å². The van der Waals surface area contributed by atoms with Crippen LogP contribution >= 0.6 is 11.3 Å². The van der Waals surface area contributed by atoms with E-state index in [4.69, 9.17) is 0 Å². The highest BCUT2D eigenvalue weighted by Crippen LogP contribution is 2.20. The number of nitro benzene ring substituents is 1. The van der Waals surface area contributed by atoms with Gasteiger partial charge in [-0.2, -0.15) is 11.3 Å². The highest BCUT2D eigenvalue weighted by Gasteiger charge is 2.20. The molecular weight excluding hydrogens is 292 g/mol. The smallest absolute Gasteiger partial charge is 0.269 e. The minimum Gasteiger partial charge on any atom is -0.395 e. The van der Waals surface area contributed by atoms with E-state index in [1.807, 2.05) is 16.8 Å². The molecule has 1 aromatic carbocycles. The summed E-state index contributed by atoms with van der Waals surface area (Å²) in [6.45, 7) is 0.307. The van der Waals surface area contributed by atoms with Gasteiger partial charge in [0.05, 0.1) is 23.7 Å². The van der Waals surface area contributed by atoms with E-state index >= 15 is 0 Å². The van der Waals surface area contributed by atoms with Crippen LogP contribution in [-0.4, -0.2) is 27.8 Å². The summed E-state index contributed by atoms with van der Waals surface area (Å²) in [6, 6.07) is 7.10. The lowest BCUT2D eigenvalue weighted by atomic mass is 10.0. The Morgan fingerprint density at radius 2 is 2.00 bits per heavy atom. The standard InChI is InChI=1S/C14H16N2O4S/c17-8-13(15-7-10-5-6-21-9-10)14(18)11-1-3-12(4-2-11)16(19)20/h1-6,9,13-15,17-18H,7-8H2. The zero-order valence-corrected chi connectivity index (χ0v) is 12.0. The number of hydrogen-bond donors (Lipinski definition) is 3. The van der Waals surface area contributed by atoms with Crippen molar-refractivity contribution in [2.24, 2.45) is 0 Å². The maximum Gasteiger partial charge on any atom is 0.269 e. The van der Waals surface area contributed by atoms with Gasteiger partial charge in [0.1, 0.15) is 0 Å². The van der Waals surface area contributed by atoms with Crippen molar-refractivity contribution < 1.29 is 15.1 Å². The maximum atomic E-state index is 10.6. The Labute approximate surface area is 125 Å². The number of aliphatic hydroxyl groups is 2. The van der Waals surface area contributed by atoms with E-state index in [0.29, 0.717) is 12.1 Å². The Bertz CT molecular complexity index is 571. The molecule has 2 unspecified atom stereocenters. The second-order valence-electron chi connectivity index (χ2n) is 4.60. The van der Waals surface area contributed by atoms with Crippen molar-refractivity contribution in [1.82, 2.24) is 5.32 Å². The lowest BCUT2D eigenvalue weighted by Gasteiger charge is -2.22. The van der Waals surface area contributed by atoms with Crippen molar-refractivity contribution in [3.63, 3.8) is 0 Å². The van der Waals surface area contributed by atoms with Gasteiger partial charge in [-0.05, 0) is 40.1 Å². The first-order valence-electron chi connectivity index (χ1n) is 6.39. The van der Waals surface area contributed by atoms with Crippen LogP contribution in [0.4, 0.5) is 5.69 Å². The van der Waals surface area contributed by atoms with E-state index in [0.717, 1.165) is 5.56 Å². The van der Waals surface area contributed by atoms with E-state index in [9.17, 15) is 20.3 Å². The molecule has 0 aliphatic heterocycles. The van der Waals surface area contributed by atoms with Crippen LogP contribution in [0.15, 0.2) is 41.1 Å². The van der Waals surface area contributed by atoms with Gasteiger partial charge in [0.15, 0.2) is 0 Å². The van der Waals surface area contributed by atoms with E-state index in [1.54, 1.807) is 11.3 Å². The monoisotopic (exact) mass is 308 g/mol. The zero-order chi connectivity index (χ0) is 15.2. The fourth-order valence-corrected chi connectivity index (χ4v) is 2.61. The molecule has 2 aromatic rings. The molecule has 2 rings (SSSR count). The van der Waals surface area contributed by atoms with E-state index in [2.05, 4.69) is 5.32 Å². The number of nitrogens with one attached hydrogen (secondary N) is 1. The fourth-order valence-electron chi connectivity index (χ4n) is 1.94. The molecule has 6 nitrogen and oxygen atoms in total. The quantitative estimate of drug-likeness (QED) is 0.536. The minimum absolute atomic E-state index is 0.0299. The van der Waals surface area contributed by atoms with Gasteiger partial charge < -0.3 is 15.5 Å². The van der Waals surface area contributed by atoms with Crippen LogP contribution in [0.25, 0.3) is 0 Å². The molecule has 0 amide bonds. The number of rotatable bonds is 7. The first-order chi connectivity index (χ1) is 10.1. The summed E-state index contributed by atoms with van der Waals surface area (Å²) in [5.41, 5.74) is 1.57. The third kappa shape index (κ3) is 4.08. The Hall–Kier alpha value is -1.80. The predicted octanol–water partition coefficient (Wildman–Crippen LogP) is 1.84. The second kappa shape index (κ2) is 7.28. The molecule has 3 N–H and O–H groups in total. The van der Waals surface area contributed by atoms with Crippen LogP contribution < -0.4 is 5.32 Å². The normalized spacial score (nSPS) is 13.8. The lowest BCUT2D eigenvalue weighted by molar-refractivity contribution is -0.384. The maximum absolute atomic E-state index is 10.6. The lowest BCUT2D eigenvalue weighted by Crippen LogP contribution is -2.37. The van der Waals surface area contributed by atoms with E-state index in [-0.39, 0.29) is 12.3 Å². The molecule has 112 valence electrons. The summed E-state index contributed by atoms with van der Waals surface area (Å²) in [5, 5.41) is 37.3. The van der Waals surface area contributed by atoms with Gasteiger partial charge in [0.2, 0.25) is 0 Å². The van der Waals surface area contributed by atoms with Crippen molar-refractivity contribution >= 4 is 17.0 Å². The Morgan fingerprint density at radius 1 is 1.29 bits per heavy atom. The molecule has 0 spiro atoms. The molecule has 2 atom stereocenters. The molecule has 0 aliphatic carbocycles. The van der Waals surface area contributed by atoms with Gasteiger partial charge in [-0.15, -0.1) is 0 Å². The van der Waals surface area contributed by atoms with Crippen molar-refractivity contribution in [3.05, 3.63) is 62.3 Å². The summed E-state index contributed by atoms with van der Waals surface area (Å²) in [5.74, 6) is 0. The second-order valence-corrected chi connectivity index (χ2v) is 5.38. The summed E-state index contributed by atoms with van der Waals surface area (Å²) in [7, 11) is 0. The predicted molar refractivity (Wildman–Crippen MR) is 80.1 cm³/mol. The number of thiophene rings is 1. The molecule has 0 saturated carbocycles. The van der Waals surface area contributed by atoms with Crippen molar-refractivity contribution in [2.75, 3.05) is 6.61 Å². The van der Waals surface area contributed by atoms with Crippen LogP contribution in [0, 0.1) is 10.1 Å². The highest BCUT2D eigenvalue weighted by atomic mass is 32.1. The molecule has 0 saturated heterocycles. The molecular formula is C14H16N2O4S. The zero-order valence-electron chi connectivity index (χ0n) is 11.2. The van der Waals surface area contributed by atoms with Crippen molar-refractivity contribution in [3.8, 4) is 0 Å². The molecule has 0 fully saturated rings. The molecule has 0 bridgehead atoms. The SMILES string of the molecule is O=[N+]([O-])c1ccc(C(O)C(CO)NCc2ccsc2)cc1. The molecule has 0 aliphatic rings. The highest BCUT2D eigenvalue weighted by molar-refractivity contribution is 7.07. The van der Waals surface area contributed by atoms with Gasteiger partial charge in [-0.3, -0.25) is 10.1 Å².